The van der Waals surface area contributed by atoms with Crippen LogP contribution in [0.25, 0.3) is 0 Å². The first-order valence-corrected chi connectivity index (χ1v) is 9.19. The van der Waals surface area contributed by atoms with Crippen molar-refractivity contribution in [1.29, 1.82) is 0 Å². The number of hydrogen-bond donors (Lipinski definition) is 1. The van der Waals surface area contributed by atoms with Crippen LogP contribution in [0, 0.1) is 5.82 Å². The SMILES string of the molecule is CC[C@@H]1C(=O)NCCN1C(=O)Cc1csc(Cc2ccc(F)cc2)n1. The molecule has 0 unspecified atom stereocenters. The first-order valence-electron chi connectivity index (χ1n) is 8.31. The van der Waals surface area contributed by atoms with Crippen molar-refractivity contribution in [3.05, 3.63) is 51.7 Å². The van der Waals surface area contributed by atoms with E-state index in [0.717, 1.165) is 10.6 Å². The molecule has 1 fully saturated rings. The van der Waals surface area contributed by atoms with E-state index in [0.29, 0.717) is 31.6 Å². The third kappa shape index (κ3) is 4.22. The van der Waals surface area contributed by atoms with Gasteiger partial charge in [0.05, 0.1) is 17.1 Å². The highest BCUT2D eigenvalue weighted by Crippen LogP contribution is 2.17. The summed E-state index contributed by atoms with van der Waals surface area (Å²) in [5, 5.41) is 5.56. The van der Waals surface area contributed by atoms with E-state index in [4.69, 9.17) is 0 Å². The van der Waals surface area contributed by atoms with Crippen molar-refractivity contribution < 1.29 is 14.0 Å². The Morgan fingerprint density at radius 3 is 2.88 bits per heavy atom. The van der Waals surface area contributed by atoms with Crippen LogP contribution in [0.3, 0.4) is 0 Å². The minimum absolute atomic E-state index is 0.0691. The molecule has 1 aliphatic heterocycles. The molecular weight excluding hydrogens is 341 g/mol. The van der Waals surface area contributed by atoms with E-state index in [1.54, 1.807) is 17.0 Å². The maximum atomic E-state index is 13.0. The molecule has 3 rings (SSSR count). The Hall–Kier alpha value is -2.28. The van der Waals surface area contributed by atoms with Gasteiger partial charge in [-0.15, -0.1) is 11.3 Å². The molecule has 2 amide bonds. The third-order valence-corrected chi connectivity index (χ3v) is 5.14. The Kier molecular flexibility index (Phi) is 5.43. The summed E-state index contributed by atoms with van der Waals surface area (Å²) < 4.78 is 13.0. The molecule has 0 radical (unpaired) electrons. The van der Waals surface area contributed by atoms with E-state index in [9.17, 15) is 14.0 Å². The lowest BCUT2D eigenvalue weighted by Crippen LogP contribution is -2.57. The molecule has 1 N–H and O–H groups in total. The maximum absolute atomic E-state index is 13.0. The Labute approximate surface area is 149 Å². The number of halogens is 1. The Morgan fingerprint density at radius 1 is 1.40 bits per heavy atom. The molecule has 5 nitrogen and oxygen atoms in total. The number of thiazole rings is 1. The Morgan fingerprint density at radius 2 is 2.16 bits per heavy atom. The van der Waals surface area contributed by atoms with Gasteiger partial charge in [0, 0.05) is 24.9 Å². The molecule has 2 heterocycles. The second kappa shape index (κ2) is 7.74. The van der Waals surface area contributed by atoms with Crippen molar-refractivity contribution in [2.75, 3.05) is 13.1 Å². The maximum Gasteiger partial charge on any atom is 0.242 e. The van der Waals surface area contributed by atoms with Gasteiger partial charge < -0.3 is 10.2 Å². The highest BCUT2D eigenvalue weighted by molar-refractivity contribution is 7.09. The average Bonchev–Trinajstić information content (AvgIpc) is 3.03. The zero-order chi connectivity index (χ0) is 17.8. The van der Waals surface area contributed by atoms with Crippen molar-refractivity contribution in [2.45, 2.75) is 32.2 Å². The minimum Gasteiger partial charge on any atom is -0.353 e. The number of rotatable bonds is 5. The molecule has 132 valence electrons. The standard InChI is InChI=1S/C18H20FN3O2S/c1-2-15-18(24)20-7-8-22(15)17(23)10-14-11-25-16(21-14)9-12-3-5-13(19)6-4-12/h3-6,11,15H,2,7-10H2,1H3,(H,20,24)/t15-/m1/s1. The number of aromatic nitrogens is 1. The molecule has 2 aromatic rings. The predicted octanol–water partition coefficient (Wildman–Crippen LogP) is 2.15. The lowest BCUT2D eigenvalue weighted by molar-refractivity contribution is -0.142. The normalized spacial score (nSPS) is 17.4. The van der Waals surface area contributed by atoms with Gasteiger partial charge in [-0.2, -0.15) is 0 Å². The average molecular weight is 361 g/mol. The van der Waals surface area contributed by atoms with Gasteiger partial charge in [0.25, 0.3) is 0 Å². The van der Waals surface area contributed by atoms with E-state index in [1.165, 1.54) is 23.5 Å². The van der Waals surface area contributed by atoms with Crippen molar-refractivity contribution in [3.63, 3.8) is 0 Å². The summed E-state index contributed by atoms with van der Waals surface area (Å²) in [6, 6.07) is 5.94. The zero-order valence-electron chi connectivity index (χ0n) is 14.0. The van der Waals surface area contributed by atoms with Gasteiger partial charge in [-0.3, -0.25) is 9.59 Å². The number of nitrogens with zero attached hydrogens (tertiary/aromatic N) is 2. The number of piperazine rings is 1. The molecule has 1 aromatic heterocycles. The monoisotopic (exact) mass is 361 g/mol. The van der Waals surface area contributed by atoms with Crippen LogP contribution in [0.2, 0.25) is 0 Å². The molecule has 0 spiro atoms. The lowest BCUT2D eigenvalue weighted by Gasteiger charge is -2.34. The van der Waals surface area contributed by atoms with Crippen LogP contribution < -0.4 is 5.32 Å². The fraction of sp³-hybridized carbons (Fsp3) is 0.389. The van der Waals surface area contributed by atoms with Crippen LogP contribution in [0.5, 0.6) is 0 Å². The van der Waals surface area contributed by atoms with Crippen molar-refractivity contribution >= 4 is 23.2 Å². The zero-order valence-corrected chi connectivity index (χ0v) is 14.8. The first kappa shape index (κ1) is 17.5. The number of carbonyl (C=O) groups is 2. The largest absolute Gasteiger partial charge is 0.353 e. The molecule has 1 aliphatic rings. The van der Waals surface area contributed by atoms with Crippen LogP contribution in [0.1, 0.15) is 29.6 Å². The molecule has 25 heavy (non-hydrogen) atoms. The molecule has 7 heteroatoms. The van der Waals surface area contributed by atoms with E-state index < -0.39 is 6.04 Å². The summed E-state index contributed by atoms with van der Waals surface area (Å²) in [4.78, 5) is 30.6. The molecule has 1 atom stereocenters. The highest BCUT2D eigenvalue weighted by atomic mass is 32.1. The minimum atomic E-state index is -0.390. The molecule has 1 saturated heterocycles. The van der Waals surface area contributed by atoms with Gasteiger partial charge in [0.2, 0.25) is 11.8 Å². The summed E-state index contributed by atoms with van der Waals surface area (Å²) >= 11 is 1.49. The summed E-state index contributed by atoms with van der Waals surface area (Å²) in [6.45, 7) is 2.93. The van der Waals surface area contributed by atoms with E-state index >= 15 is 0 Å². The number of nitrogens with one attached hydrogen (secondary N) is 1. The third-order valence-electron chi connectivity index (χ3n) is 4.24. The molecule has 0 aliphatic carbocycles. The van der Waals surface area contributed by atoms with Gasteiger partial charge in [-0.05, 0) is 24.1 Å². The topological polar surface area (TPSA) is 62.3 Å². The molecule has 0 saturated carbocycles. The fourth-order valence-corrected chi connectivity index (χ4v) is 3.79. The van der Waals surface area contributed by atoms with E-state index in [2.05, 4.69) is 10.3 Å². The lowest BCUT2D eigenvalue weighted by atomic mass is 10.1. The molecule has 0 bridgehead atoms. The van der Waals surface area contributed by atoms with Crippen LogP contribution >= 0.6 is 11.3 Å². The Bertz CT molecular complexity index is 760. The first-order chi connectivity index (χ1) is 12.1. The van der Waals surface area contributed by atoms with Crippen LogP contribution in [-0.2, 0) is 22.4 Å². The van der Waals surface area contributed by atoms with Crippen LogP contribution in [-0.4, -0.2) is 40.8 Å². The summed E-state index contributed by atoms with van der Waals surface area (Å²) in [5.74, 6) is -0.414. The number of hydrogen-bond acceptors (Lipinski definition) is 4. The van der Waals surface area contributed by atoms with Gasteiger partial charge >= 0.3 is 0 Å². The summed E-state index contributed by atoms with van der Waals surface area (Å²) in [7, 11) is 0. The number of amides is 2. The summed E-state index contributed by atoms with van der Waals surface area (Å²) in [6.07, 6.45) is 1.41. The van der Waals surface area contributed by atoms with Crippen molar-refractivity contribution in [1.82, 2.24) is 15.2 Å². The van der Waals surface area contributed by atoms with Gasteiger partial charge in [0.15, 0.2) is 0 Å². The van der Waals surface area contributed by atoms with Crippen molar-refractivity contribution in [2.24, 2.45) is 0 Å². The van der Waals surface area contributed by atoms with Gasteiger partial charge in [-0.25, -0.2) is 9.37 Å². The number of benzene rings is 1. The fourth-order valence-electron chi connectivity index (χ4n) is 2.96. The van der Waals surface area contributed by atoms with Gasteiger partial charge in [0.1, 0.15) is 11.9 Å². The molecule has 1 aromatic carbocycles. The second-order valence-electron chi connectivity index (χ2n) is 6.01. The second-order valence-corrected chi connectivity index (χ2v) is 6.96. The predicted molar refractivity (Wildman–Crippen MR) is 93.8 cm³/mol. The van der Waals surface area contributed by atoms with Crippen LogP contribution in [0.4, 0.5) is 4.39 Å². The van der Waals surface area contributed by atoms with E-state index in [1.807, 2.05) is 12.3 Å². The highest BCUT2D eigenvalue weighted by Gasteiger charge is 2.31. The molecular formula is C18H20FN3O2S. The quantitative estimate of drug-likeness (QED) is 0.888. The van der Waals surface area contributed by atoms with Crippen LogP contribution in [0.15, 0.2) is 29.6 Å². The smallest absolute Gasteiger partial charge is 0.242 e. The van der Waals surface area contributed by atoms with Gasteiger partial charge in [-0.1, -0.05) is 19.1 Å². The Balaban J connectivity index is 1.63. The van der Waals surface area contributed by atoms with Crippen molar-refractivity contribution in [3.8, 4) is 0 Å². The van der Waals surface area contributed by atoms with E-state index in [-0.39, 0.29) is 24.1 Å². The number of carbonyl (C=O) groups excluding carboxylic acids is 2. The summed E-state index contributed by atoms with van der Waals surface area (Å²) in [5.41, 5.74) is 1.69.